The van der Waals surface area contributed by atoms with Crippen LogP contribution < -0.4 is 0 Å². The van der Waals surface area contributed by atoms with Crippen LogP contribution in [0.15, 0.2) is 28.7 Å². The van der Waals surface area contributed by atoms with Crippen LogP contribution in [0.2, 0.25) is 0 Å². The van der Waals surface area contributed by atoms with Crippen LogP contribution in [0.5, 0.6) is 0 Å². The number of aromatic nitrogens is 1. The topological polar surface area (TPSA) is 59.2 Å². The predicted molar refractivity (Wildman–Crippen MR) is 80.0 cm³/mol. The van der Waals surface area contributed by atoms with Crippen molar-refractivity contribution in [3.8, 4) is 11.3 Å². The minimum Gasteiger partial charge on any atom is -0.465 e. The fourth-order valence-electron chi connectivity index (χ4n) is 2.23. The molecule has 0 bridgehead atoms. The summed E-state index contributed by atoms with van der Waals surface area (Å²) in [5, 5.41) is 0. The average molecular weight is 336 g/mol. The molecular weight excluding hydrogens is 322 g/mol. The van der Waals surface area contributed by atoms with E-state index in [4.69, 9.17) is 4.74 Å². The summed E-state index contributed by atoms with van der Waals surface area (Å²) in [7, 11) is 1.31. The molecule has 20 heavy (non-hydrogen) atoms. The molecule has 0 aliphatic rings. The van der Waals surface area contributed by atoms with Gasteiger partial charge in [-0.25, -0.2) is 4.79 Å². The van der Waals surface area contributed by atoms with Crippen LogP contribution in [0.4, 0.5) is 0 Å². The van der Waals surface area contributed by atoms with Crippen LogP contribution in [0.25, 0.3) is 11.3 Å². The second-order valence-corrected chi connectivity index (χ2v) is 5.06. The molecule has 1 aromatic heterocycles. The van der Waals surface area contributed by atoms with E-state index in [1.165, 1.54) is 7.11 Å². The van der Waals surface area contributed by atoms with Crippen LogP contribution in [0.3, 0.4) is 0 Å². The van der Waals surface area contributed by atoms with E-state index in [0.29, 0.717) is 18.3 Å². The number of esters is 1. The van der Waals surface area contributed by atoms with Gasteiger partial charge < -0.3 is 9.72 Å². The first kappa shape index (κ1) is 14.5. The van der Waals surface area contributed by atoms with E-state index < -0.39 is 5.97 Å². The number of aromatic amines is 1. The molecular formula is C15H14BrNO3. The van der Waals surface area contributed by atoms with Crippen LogP contribution in [0.1, 0.15) is 33.3 Å². The first-order chi connectivity index (χ1) is 9.63. The summed E-state index contributed by atoms with van der Waals surface area (Å²) in [5.41, 5.74) is 3.02. The lowest BCUT2D eigenvalue weighted by Gasteiger charge is -2.06. The van der Waals surface area contributed by atoms with Gasteiger partial charge in [-0.1, -0.05) is 41.1 Å². The molecule has 1 aromatic carbocycles. The second-order valence-electron chi connectivity index (χ2n) is 4.21. The lowest BCUT2D eigenvalue weighted by molar-refractivity contribution is 0.0597. The number of ether oxygens (including phenoxy) is 1. The van der Waals surface area contributed by atoms with Crippen molar-refractivity contribution in [1.29, 1.82) is 0 Å². The zero-order valence-electron chi connectivity index (χ0n) is 11.2. The first-order valence-corrected chi connectivity index (χ1v) is 6.96. The monoisotopic (exact) mass is 335 g/mol. The Morgan fingerprint density at radius 3 is 2.65 bits per heavy atom. The number of halogens is 1. The van der Waals surface area contributed by atoms with Crippen LogP contribution in [-0.4, -0.2) is 24.3 Å². The molecule has 2 rings (SSSR count). The van der Waals surface area contributed by atoms with Crippen molar-refractivity contribution in [2.75, 3.05) is 7.11 Å². The number of rotatable bonds is 4. The highest BCUT2D eigenvalue weighted by molar-refractivity contribution is 9.10. The third-order valence-corrected chi connectivity index (χ3v) is 3.83. The average Bonchev–Trinajstić information content (AvgIpc) is 2.85. The number of carbonyl (C=O) groups excluding carboxylic acids is 2. The van der Waals surface area contributed by atoms with E-state index >= 15 is 0 Å². The van der Waals surface area contributed by atoms with Gasteiger partial charge in [0, 0.05) is 10.0 Å². The quantitative estimate of drug-likeness (QED) is 0.685. The summed E-state index contributed by atoms with van der Waals surface area (Å²) in [4.78, 5) is 26.1. The van der Waals surface area contributed by atoms with Gasteiger partial charge >= 0.3 is 5.97 Å². The summed E-state index contributed by atoms with van der Waals surface area (Å²) in [6, 6.07) is 7.64. The Hall–Kier alpha value is -1.88. The number of nitrogens with one attached hydrogen (secondary N) is 1. The number of hydrogen-bond donors (Lipinski definition) is 1. The van der Waals surface area contributed by atoms with Gasteiger partial charge in [-0.3, -0.25) is 4.79 Å². The van der Waals surface area contributed by atoms with E-state index in [-0.39, 0.29) is 5.69 Å². The number of methoxy groups -OCH3 is 1. The summed E-state index contributed by atoms with van der Waals surface area (Å²) in [6.45, 7) is 1.94. The lowest BCUT2D eigenvalue weighted by atomic mass is 10.0. The van der Waals surface area contributed by atoms with Gasteiger partial charge in [-0.2, -0.15) is 0 Å². The van der Waals surface area contributed by atoms with Crippen molar-refractivity contribution in [1.82, 2.24) is 4.98 Å². The van der Waals surface area contributed by atoms with Gasteiger partial charge in [0.1, 0.15) is 0 Å². The standard InChI is InChI=1S/C15H14BrNO3/c1-3-9-13(15(19)20-2)12(8-18)17-14(9)10-6-4-5-7-11(10)16/h4-8,17H,3H2,1-2H3. The lowest BCUT2D eigenvalue weighted by Crippen LogP contribution is -2.06. The van der Waals surface area contributed by atoms with Gasteiger partial charge in [0.05, 0.1) is 24.1 Å². The summed E-state index contributed by atoms with van der Waals surface area (Å²) >= 11 is 3.48. The zero-order valence-corrected chi connectivity index (χ0v) is 12.8. The highest BCUT2D eigenvalue weighted by Gasteiger charge is 2.23. The van der Waals surface area contributed by atoms with Crippen molar-refractivity contribution in [3.63, 3.8) is 0 Å². The second kappa shape index (κ2) is 6.05. The molecule has 5 heteroatoms. The number of benzene rings is 1. The number of H-pyrrole nitrogens is 1. The molecule has 0 fully saturated rings. The molecule has 1 heterocycles. The minimum atomic E-state index is -0.501. The van der Waals surface area contributed by atoms with Crippen molar-refractivity contribution >= 4 is 28.2 Å². The number of carbonyl (C=O) groups is 2. The van der Waals surface area contributed by atoms with Gasteiger partial charge in [0.25, 0.3) is 0 Å². The molecule has 0 unspecified atom stereocenters. The van der Waals surface area contributed by atoms with Gasteiger partial charge in [-0.15, -0.1) is 0 Å². The molecule has 0 saturated heterocycles. The zero-order chi connectivity index (χ0) is 14.7. The molecule has 0 saturated carbocycles. The Morgan fingerprint density at radius 1 is 1.40 bits per heavy atom. The van der Waals surface area contributed by atoms with E-state index in [9.17, 15) is 9.59 Å². The highest BCUT2D eigenvalue weighted by atomic mass is 79.9. The molecule has 104 valence electrons. The van der Waals surface area contributed by atoms with E-state index in [2.05, 4.69) is 20.9 Å². The van der Waals surface area contributed by atoms with Crippen LogP contribution >= 0.6 is 15.9 Å². The number of aldehydes is 1. The molecule has 0 aliphatic heterocycles. The maximum Gasteiger partial charge on any atom is 0.340 e. The molecule has 0 atom stereocenters. The van der Waals surface area contributed by atoms with E-state index in [1.54, 1.807) is 0 Å². The van der Waals surface area contributed by atoms with Gasteiger partial charge in [-0.05, 0) is 18.1 Å². The smallest absolute Gasteiger partial charge is 0.340 e. The minimum absolute atomic E-state index is 0.249. The Kier molecular flexibility index (Phi) is 4.39. The molecule has 4 nitrogen and oxygen atoms in total. The van der Waals surface area contributed by atoms with Crippen molar-refractivity contribution in [3.05, 3.63) is 45.6 Å². The highest BCUT2D eigenvalue weighted by Crippen LogP contribution is 2.33. The predicted octanol–water partition coefficient (Wildman–Crippen LogP) is 3.61. The first-order valence-electron chi connectivity index (χ1n) is 6.17. The molecule has 0 aliphatic carbocycles. The summed E-state index contributed by atoms with van der Waals surface area (Å²) in [6.07, 6.45) is 1.26. The summed E-state index contributed by atoms with van der Waals surface area (Å²) < 4.78 is 5.66. The van der Waals surface area contributed by atoms with Crippen molar-refractivity contribution < 1.29 is 14.3 Å². The normalized spacial score (nSPS) is 10.3. The van der Waals surface area contributed by atoms with Crippen molar-refractivity contribution in [2.24, 2.45) is 0 Å². The fourth-order valence-corrected chi connectivity index (χ4v) is 2.71. The fraction of sp³-hybridized carbons (Fsp3) is 0.200. The maximum atomic E-state index is 11.9. The maximum absolute atomic E-state index is 11.9. The van der Waals surface area contributed by atoms with E-state index in [1.807, 2.05) is 31.2 Å². The van der Waals surface area contributed by atoms with Gasteiger partial charge in [0.15, 0.2) is 6.29 Å². The third-order valence-electron chi connectivity index (χ3n) is 3.14. The number of hydrogen-bond acceptors (Lipinski definition) is 3. The van der Waals surface area contributed by atoms with Crippen molar-refractivity contribution in [2.45, 2.75) is 13.3 Å². The van der Waals surface area contributed by atoms with E-state index in [0.717, 1.165) is 21.3 Å². The Labute approximate surface area is 125 Å². The Morgan fingerprint density at radius 2 is 2.10 bits per heavy atom. The summed E-state index contributed by atoms with van der Waals surface area (Å²) in [5.74, 6) is -0.501. The third kappa shape index (κ3) is 2.41. The van der Waals surface area contributed by atoms with Crippen LogP contribution in [-0.2, 0) is 11.2 Å². The molecule has 1 N–H and O–H groups in total. The Bertz CT molecular complexity index is 661. The van der Waals surface area contributed by atoms with Crippen LogP contribution in [0, 0.1) is 0 Å². The molecule has 0 amide bonds. The molecule has 2 aromatic rings. The molecule has 0 spiro atoms. The molecule has 0 radical (unpaired) electrons. The SMILES string of the molecule is CCc1c(-c2ccccc2Br)[nH]c(C=O)c1C(=O)OC. The van der Waals surface area contributed by atoms with Gasteiger partial charge in [0.2, 0.25) is 0 Å². The Balaban J connectivity index is 2.72. The largest absolute Gasteiger partial charge is 0.465 e.